The molecule has 1 unspecified atom stereocenters. The van der Waals surface area contributed by atoms with Crippen molar-refractivity contribution in [2.24, 2.45) is 5.92 Å². The van der Waals surface area contributed by atoms with Crippen LogP contribution in [-0.2, 0) is 0 Å². The summed E-state index contributed by atoms with van der Waals surface area (Å²) in [6.07, 6.45) is 4.71. The number of hydrogen-bond donors (Lipinski definition) is 1. The summed E-state index contributed by atoms with van der Waals surface area (Å²) in [6.45, 7) is 12.9. The normalized spacial score (nSPS) is 23.2. The number of nitrogens with zero attached hydrogens (tertiary/aromatic N) is 1. The van der Waals surface area contributed by atoms with Crippen LogP contribution in [0.15, 0.2) is 12.7 Å². The van der Waals surface area contributed by atoms with Crippen LogP contribution in [0.2, 0.25) is 0 Å². The highest BCUT2D eigenvalue weighted by Gasteiger charge is 2.22. The Labute approximate surface area is 88.4 Å². The van der Waals surface area contributed by atoms with Crippen LogP contribution in [-0.4, -0.2) is 37.1 Å². The van der Waals surface area contributed by atoms with Crippen LogP contribution in [0.5, 0.6) is 0 Å². The van der Waals surface area contributed by atoms with Gasteiger partial charge in [-0.1, -0.05) is 19.9 Å². The van der Waals surface area contributed by atoms with Gasteiger partial charge in [0.25, 0.3) is 0 Å². The molecular formula is C12H24N2. The second-order valence-corrected chi connectivity index (χ2v) is 4.63. The monoisotopic (exact) mass is 196 g/mol. The van der Waals surface area contributed by atoms with Crippen LogP contribution in [0.25, 0.3) is 0 Å². The minimum absolute atomic E-state index is 0.742. The number of likely N-dealkylation sites (tertiary alicyclic amines) is 1. The topological polar surface area (TPSA) is 15.3 Å². The van der Waals surface area contributed by atoms with Crippen molar-refractivity contribution in [2.45, 2.75) is 32.7 Å². The van der Waals surface area contributed by atoms with Crippen molar-refractivity contribution in [1.82, 2.24) is 10.2 Å². The minimum atomic E-state index is 0.742. The first-order valence-electron chi connectivity index (χ1n) is 5.79. The van der Waals surface area contributed by atoms with Crippen molar-refractivity contribution < 1.29 is 0 Å². The van der Waals surface area contributed by atoms with Crippen molar-refractivity contribution >= 4 is 0 Å². The molecule has 2 heteroatoms. The molecule has 1 saturated heterocycles. The lowest BCUT2D eigenvalue weighted by molar-refractivity contribution is 0.270. The zero-order valence-electron chi connectivity index (χ0n) is 9.63. The van der Waals surface area contributed by atoms with Gasteiger partial charge in [-0.05, 0) is 31.8 Å². The maximum absolute atomic E-state index is 3.81. The van der Waals surface area contributed by atoms with Gasteiger partial charge >= 0.3 is 0 Å². The van der Waals surface area contributed by atoms with E-state index in [0.29, 0.717) is 0 Å². The zero-order chi connectivity index (χ0) is 10.4. The summed E-state index contributed by atoms with van der Waals surface area (Å²) >= 11 is 0. The van der Waals surface area contributed by atoms with E-state index in [1.54, 1.807) is 0 Å². The van der Waals surface area contributed by atoms with Crippen molar-refractivity contribution in [2.75, 3.05) is 26.2 Å². The maximum Gasteiger partial charge on any atom is 0.0224 e. The van der Waals surface area contributed by atoms with Gasteiger partial charge in [0.15, 0.2) is 0 Å². The van der Waals surface area contributed by atoms with E-state index in [0.717, 1.165) is 31.6 Å². The van der Waals surface area contributed by atoms with E-state index in [9.17, 15) is 0 Å². The fraction of sp³-hybridized carbons (Fsp3) is 0.833. The van der Waals surface area contributed by atoms with Crippen molar-refractivity contribution in [1.29, 1.82) is 0 Å². The van der Waals surface area contributed by atoms with E-state index in [-0.39, 0.29) is 0 Å². The molecule has 82 valence electrons. The predicted molar refractivity (Wildman–Crippen MR) is 62.5 cm³/mol. The highest BCUT2D eigenvalue weighted by Crippen LogP contribution is 2.15. The Kier molecular flexibility index (Phi) is 5.20. The van der Waals surface area contributed by atoms with Gasteiger partial charge in [-0.25, -0.2) is 0 Å². The van der Waals surface area contributed by atoms with E-state index < -0.39 is 0 Å². The highest BCUT2D eigenvalue weighted by atomic mass is 15.2. The molecule has 1 fully saturated rings. The summed E-state index contributed by atoms with van der Waals surface area (Å²) in [5, 5.41) is 3.54. The lowest BCUT2D eigenvalue weighted by atomic mass is 10.2. The smallest absolute Gasteiger partial charge is 0.0224 e. The molecule has 0 saturated carbocycles. The standard InChI is InChI=1S/C12H24N2/c1-4-7-14-8-5-6-12(14)10-13-9-11(2)3/h4,11-13H,1,5-10H2,2-3H3. The van der Waals surface area contributed by atoms with E-state index in [4.69, 9.17) is 0 Å². The molecule has 14 heavy (non-hydrogen) atoms. The molecule has 0 aliphatic carbocycles. The Morgan fingerprint density at radius 2 is 2.36 bits per heavy atom. The van der Waals surface area contributed by atoms with E-state index >= 15 is 0 Å². The number of nitrogens with one attached hydrogen (secondary N) is 1. The van der Waals surface area contributed by atoms with Crippen molar-refractivity contribution in [3.05, 3.63) is 12.7 Å². The molecule has 1 N–H and O–H groups in total. The quantitative estimate of drug-likeness (QED) is 0.653. The second kappa shape index (κ2) is 6.20. The van der Waals surface area contributed by atoms with Crippen LogP contribution in [0.4, 0.5) is 0 Å². The molecule has 1 aliphatic rings. The SMILES string of the molecule is C=CCN1CCCC1CNCC(C)C. The van der Waals surface area contributed by atoms with Crippen molar-refractivity contribution in [3.8, 4) is 0 Å². The molecule has 0 aromatic heterocycles. The molecule has 1 aliphatic heterocycles. The minimum Gasteiger partial charge on any atom is -0.315 e. The maximum atomic E-state index is 3.81. The van der Waals surface area contributed by atoms with Gasteiger partial charge in [0.1, 0.15) is 0 Å². The third-order valence-corrected chi connectivity index (χ3v) is 2.80. The van der Waals surface area contributed by atoms with Gasteiger partial charge in [-0.3, -0.25) is 4.90 Å². The van der Waals surface area contributed by atoms with Gasteiger partial charge in [-0.15, -0.1) is 6.58 Å². The van der Waals surface area contributed by atoms with Gasteiger partial charge in [0.05, 0.1) is 0 Å². The molecule has 1 heterocycles. The molecule has 0 amide bonds. The summed E-state index contributed by atoms with van der Waals surface area (Å²) in [5.74, 6) is 0.754. The summed E-state index contributed by atoms with van der Waals surface area (Å²) in [4.78, 5) is 2.53. The molecular weight excluding hydrogens is 172 g/mol. The molecule has 0 spiro atoms. The lowest BCUT2D eigenvalue weighted by Crippen LogP contribution is -2.39. The van der Waals surface area contributed by atoms with E-state index in [2.05, 4.69) is 30.6 Å². The van der Waals surface area contributed by atoms with Gasteiger partial charge < -0.3 is 5.32 Å². The van der Waals surface area contributed by atoms with Crippen LogP contribution >= 0.6 is 0 Å². The summed E-state index contributed by atoms with van der Waals surface area (Å²) in [5.41, 5.74) is 0. The van der Waals surface area contributed by atoms with Crippen LogP contribution in [0, 0.1) is 5.92 Å². The summed E-state index contributed by atoms with van der Waals surface area (Å²) < 4.78 is 0. The highest BCUT2D eigenvalue weighted by molar-refractivity contribution is 4.85. The molecule has 1 rings (SSSR count). The fourth-order valence-corrected chi connectivity index (χ4v) is 2.07. The third kappa shape index (κ3) is 3.81. The van der Waals surface area contributed by atoms with E-state index in [1.807, 2.05) is 6.08 Å². The first-order chi connectivity index (χ1) is 6.74. The average molecular weight is 196 g/mol. The molecule has 1 atom stereocenters. The first kappa shape index (κ1) is 11.7. The Bertz CT molecular complexity index is 166. The number of rotatable bonds is 6. The Balaban J connectivity index is 2.18. The molecule has 2 nitrogen and oxygen atoms in total. The third-order valence-electron chi connectivity index (χ3n) is 2.80. The average Bonchev–Trinajstić information content (AvgIpc) is 2.53. The molecule has 0 aromatic rings. The molecule has 0 aromatic carbocycles. The number of hydrogen-bond acceptors (Lipinski definition) is 2. The Morgan fingerprint density at radius 3 is 3.00 bits per heavy atom. The molecule has 0 bridgehead atoms. The van der Waals surface area contributed by atoms with Gasteiger partial charge in [0, 0.05) is 19.1 Å². The van der Waals surface area contributed by atoms with Gasteiger partial charge in [-0.2, -0.15) is 0 Å². The van der Waals surface area contributed by atoms with Crippen molar-refractivity contribution in [3.63, 3.8) is 0 Å². The van der Waals surface area contributed by atoms with Crippen LogP contribution < -0.4 is 5.32 Å². The largest absolute Gasteiger partial charge is 0.315 e. The Morgan fingerprint density at radius 1 is 1.57 bits per heavy atom. The molecule has 0 radical (unpaired) electrons. The van der Waals surface area contributed by atoms with Crippen LogP contribution in [0.3, 0.4) is 0 Å². The fourth-order valence-electron chi connectivity index (χ4n) is 2.07. The predicted octanol–water partition coefficient (Wildman–Crippen LogP) is 1.88. The van der Waals surface area contributed by atoms with E-state index in [1.165, 1.54) is 19.4 Å². The van der Waals surface area contributed by atoms with Gasteiger partial charge in [0.2, 0.25) is 0 Å². The second-order valence-electron chi connectivity index (χ2n) is 4.63. The first-order valence-corrected chi connectivity index (χ1v) is 5.79. The lowest BCUT2D eigenvalue weighted by Gasteiger charge is -2.23. The van der Waals surface area contributed by atoms with Crippen LogP contribution in [0.1, 0.15) is 26.7 Å². The summed E-state index contributed by atoms with van der Waals surface area (Å²) in [6, 6.07) is 0.742. The zero-order valence-corrected chi connectivity index (χ0v) is 9.63. The Hall–Kier alpha value is -0.340. The summed E-state index contributed by atoms with van der Waals surface area (Å²) in [7, 11) is 0.